The molecule has 0 aromatic heterocycles. The molecule has 1 amide bonds. The number of aliphatic hydroxyl groups excluding tert-OH is 1. The van der Waals surface area contributed by atoms with Crippen molar-refractivity contribution >= 4 is 16.7 Å². The predicted octanol–water partition coefficient (Wildman–Crippen LogP) is 1.09. The van der Waals surface area contributed by atoms with Crippen molar-refractivity contribution in [3.8, 4) is 11.5 Å². The molecule has 0 fully saturated rings. The van der Waals surface area contributed by atoms with Gasteiger partial charge in [-0.05, 0) is 43.1 Å². The van der Waals surface area contributed by atoms with Gasteiger partial charge >= 0.3 is 0 Å². The number of fused-ring (bicyclic) bond motifs is 1. The summed E-state index contributed by atoms with van der Waals surface area (Å²) in [7, 11) is 3.87. The Bertz CT molecular complexity index is 686. The van der Waals surface area contributed by atoms with E-state index in [1.165, 1.54) is 0 Å². The Morgan fingerprint density at radius 3 is 2.70 bits per heavy atom. The fourth-order valence-electron chi connectivity index (χ4n) is 2.22. The summed E-state index contributed by atoms with van der Waals surface area (Å²) < 4.78 is 5.48. The second kappa shape index (κ2) is 7.80. The molecule has 2 aromatic rings. The van der Waals surface area contributed by atoms with E-state index in [0.717, 1.165) is 11.9 Å². The van der Waals surface area contributed by atoms with Crippen LogP contribution < -0.4 is 10.1 Å². The first-order valence-electron chi connectivity index (χ1n) is 7.41. The van der Waals surface area contributed by atoms with E-state index in [2.05, 4.69) is 5.32 Å². The summed E-state index contributed by atoms with van der Waals surface area (Å²) in [5.41, 5.74) is 0.448. The largest absolute Gasteiger partial charge is 0.508 e. The van der Waals surface area contributed by atoms with Crippen LogP contribution in [0.4, 0.5) is 0 Å². The fourth-order valence-corrected chi connectivity index (χ4v) is 2.22. The first-order valence-corrected chi connectivity index (χ1v) is 7.41. The van der Waals surface area contributed by atoms with Gasteiger partial charge < -0.3 is 25.2 Å². The van der Waals surface area contributed by atoms with E-state index in [4.69, 9.17) is 4.74 Å². The topological polar surface area (TPSA) is 82.0 Å². The number of rotatable bonds is 7. The lowest BCUT2D eigenvalue weighted by molar-refractivity contribution is -0.123. The highest BCUT2D eigenvalue weighted by molar-refractivity contribution is 5.89. The molecule has 0 saturated heterocycles. The smallest absolute Gasteiger partial charge is 0.257 e. The quantitative estimate of drug-likeness (QED) is 0.712. The molecule has 3 N–H and O–H groups in total. The first kappa shape index (κ1) is 17.1. The number of ether oxygens (including phenoxy) is 1. The molecule has 0 atom stereocenters. The third kappa shape index (κ3) is 4.58. The number of aromatic hydroxyl groups is 1. The van der Waals surface area contributed by atoms with Crippen molar-refractivity contribution in [3.63, 3.8) is 0 Å². The van der Waals surface area contributed by atoms with Crippen molar-refractivity contribution in [2.75, 3.05) is 33.8 Å². The molecule has 0 aliphatic rings. The minimum absolute atomic E-state index is 0.0404. The van der Waals surface area contributed by atoms with E-state index < -0.39 is 0 Å². The Kier molecular flexibility index (Phi) is 5.78. The number of aliphatic hydroxyl groups is 1. The van der Waals surface area contributed by atoms with Crippen LogP contribution in [0.5, 0.6) is 11.5 Å². The lowest BCUT2D eigenvalue weighted by atomic mass is 10.0. The summed E-state index contributed by atoms with van der Waals surface area (Å²) in [6, 6.07) is 8.61. The third-order valence-electron chi connectivity index (χ3n) is 3.49. The van der Waals surface area contributed by atoms with Crippen molar-refractivity contribution < 1.29 is 19.7 Å². The number of hydrogen-bond acceptors (Lipinski definition) is 5. The Balaban J connectivity index is 2.02. The normalized spacial score (nSPS) is 11.0. The van der Waals surface area contributed by atoms with Gasteiger partial charge in [0.25, 0.3) is 5.91 Å². The lowest BCUT2D eigenvalue weighted by Gasteiger charge is -2.12. The molecule has 0 unspecified atom stereocenters. The van der Waals surface area contributed by atoms with Crippen molar-refractivity contribution in [2.24, 2.45) is 0 Å². The third-order valence-corrected chi connectivity index (χ3v) is 3.49. The molecule has 0 radical (unpaired) electrons. The zero-order valence-electron chi connectivity index (χ0n) is 13.4. The summed E-state index contributed by atoms with van der Waals surface area (Å²) in [5, 5.41) is 23.5. The van der Waals surface area contributed by atoms with Gasteiger partial charge in [-0.3, -0.25) is 4.79 Å². The summed E-state index contributed by atoms with van der Waals surface area (Å²) in [6.07, 6.45) is 0. The van der Waals surface area contributed by atoms with Crippen LogP contribution >= 0.6 is 0 Å². The molecule has 124 valence electrons. The van der Waals surface area contributed by atoms with Crippen LogP contribution in [-0.2, 0) is 11.4 Å². The van der Waals surface area contributed by atoms with Gasteiger partial charge in [-0.15, -0.1) is 0 Å². The SMILES string of the molecule is CN(C)CCNC(=O)COc1ccc2ccc(O)c(CO)c2c1. The van der Waals surface area contributed by atoms with Crippen molar-refractivity contribution in [3.05, 3.63) is 35.9 Å². The van der Waals surface area contributed by atoms with E-state index in [9.17, 15) is 15.0 Å². The molecule has 0 aliphatic heterocycles. The number of nitrogens with zero attached hydrogens (tertiary/aromatic N) is 1. The van der Waals surface area contributed by atoms with Crippen molar-refractivity contribution in [1.29, 1.82) is 0 Å². The molecule has 0 heterocycles. The number of nitrogens with one attached hydrogen (secondary N) is 1. The molecule has 0 aliphatic carbocycles. The van der Waals surface area contributed by atoms with Crippen LogP contribution in [0, 0.1) is 0 Å². The van der Waals surface area contributed by atoms with Crippen LogP contribution in [0.1, 0.15) is 5.56 Å². The average Bonchev–Trinajstić information content (AvgIpc) is 2.52. The van der Waals surface area contributed by atoms with Gasteiger partial charge in [-0.2, -0.15) is 0 Å². The standard InChI is InChI=1S/C17H22N2O4/c1-19(2)8-7-18-17(22)11-23-13-5-3-12-4-6-16(21)15(10-20)14(12)9-13/h3-6,9,20-21H,7-8,10-11H2,1-2H3,(H,18,22). The molecule has 2 aromatic carbocycles. The highest BCUT2D eigenvalue weighted by Crippen LogP contribution is 2.30. The number of likely N-dealkylation sites (N-methyl/N-ethyl adjacent to an activating group) is 1. The maximum Gasteiger partial charge on any atom is 0.257 e. The number of carbonyl (C=O) groups excluding carboxylic acids is 1. The van der Waals surface area contributed by atoms with Crippen LogP contribution in [-0.4, -0.2) is 54.8 Å². The Morgan fingerprint density at radius 1 is 1.26 bits per heavy atom. The monoisotopic (exact) mass is 318 g/mol. The number of hydrogen-bond donors (Lipinski definition) is 3. The second-order valence-electron chi connectivity index (χ2n) is 5.55. The lowest BCUT2D eigenvalue weighted by Crippen LogP contribution is -2.34. The van der Waals surface area contributed by atoms with Gasteiger partial charge in [0.1, 0.15) is 11.5 Å². The molecule has 6 nitrogen and oxygen atoms in total. The Hall–Kier alpha value is -2.31. The van der Waals surface area contributed by atoms with E-state index in [1.807, 2.05) is 25.1 Å². The maximum atomic E-state index is 11.7. The molecule has 23 heavy (non-hydrogen) atoms. The van der Waals surface area contributed by atoms with Crippen LogP contribution in [0.3, 0.4) is 0 Å². The highest BCUT2D eigenvalue weighted by Gasteiger charge is 2.08. The number of phenols is 1. The van der Waals surface area contributed by atoms with Crippen molar-refractivity contribution in [1.82, 2.24) is 10.2 Å². The summed E-state index contributed by atoms with van der Waals surface area (Å²) in [6.45, 7) is 0.986. The molecule has 2 rings (SSSR count). The number of amides is 1. The molecular weight excluding hydrogens is 296 g/mol. The van der Waals surface area contributed by atoms with E-state index in [-0.39, 0.29) is 24.9 Å². The summed E-state index contributed by atoms with van der Waals surface area (Å²) in [5.74, 6) is 0.365. The van der Waals surface area contributed by atoms with E-state index in [0.29, 0.717) is 23.2 Å². The first-order chi connectivity index (χ1) is 11.0. The molecule has 0 spiro atoms. The number of benzene rings is 2. The minimum Gasteiger partial charge on any atom is -0.508 e. The van der Waals surface area contributed by atoms with Gasteiger partial charge in [0, 0.05) is 18.7 Å². The zero-order valence-corrected chi connectivity index (χ0v) is 13.4. The highest BCUT2D eigenvalue weighted by atomic mass is 16.5. The second-order valence-corrected chi connectivity index (χ2v) is 5.55. The number of carbonyl (C=O) groups is 1. The van der Waals surface area contributed by atoms with Crippen LogP contribution in [0.15, 0.2) is 30.3 Å². The van der Waals surface area contributed by atoms with Crippen LogP contribution in [0.25, 0.3) is 10.8 Å². The Morgan fingerprint density at radius 2 is 2.00 bits per heavy atom. The van der Waals surface area contributed by atoms with E-state index in [1.54, 1.807) is 24.3 Å². The summed E-state index contributed by atoms with van der Waals surface area (Å²) >= 11 is 0. The minimum atomic E-state index is -0.266. The van der Waals surface area contributed by atoms with Gasteiger partial charge in [0.05, 0.1) is 6.61 Å². The predicted molar refractivity (Wildman–Crippen MR) is 88.6 cm³/mol. The summed E-state index contributed by atoms with van der Waals surface area (Å²) in [4.78, 5) is 13.7. The molecule has 0 saturated carbocycles. The fraction of sp³-hybridized carbons (Fsp3) is 0.353. The Labute approximate surface area is 135 Å². The molecule has 0 bridgehead atoms. The van der Waals surface area contributed by atoms with Gasteiger partial charge in [0.2, 0.25) is 0 Å². The van der Waals surface area contributed by atoms with E-state index >= 15 is 0 Å². The average molecular weight is 318 g/mol. The van der Waals surface area contributed by atoms with Gasteiger partial charge in [0.15, 0.2) is 6.61 Å². The molecule has 6 heteroatoms. The van der Waals surface area contributed by atoms with Crippen molar-refractivity contribution in [2.45, 2.75) is 6.61 Å². The maximum absolute atomic E-state index is 11.7. The molecular formula is C17H22N2O4. The van der Waals surface area contributed by atoms with Gasteiger partial charge in [-0.1, -0.05) is 12.1 Å². The van der Waals surface area contributed by atoms with Gasteiger partial charge in [-0.25, -0.2) is 0 Å². The zero-order chi connectivity index (χ0) is 16.8. The van der Waals surface area contributed by atoms with Crippen LogP contribution in [0.2, 0.25) is 0 Å².